The first-order valence-electron chi connectivity index (χ1n) is 10.3. The van der Waals surface area contributed by atoms with Crippen molar-refractivity contribution in [3.8, 4) is 0 Å². The lowest BCUT2D eigenvalue weighted by molar-refractivity contribution is -0.145. The smallest absolute Gasteiger partial charge is 0.306 e. The van der Waals surface area contributed by atoms with Crippen LogP contribution in [-0.2, 0) is 33.3 Å². The van der Waals surface area contributed by atoms with E-state index in [0.29, 0.717) is 61.3 Å². The molecule has 2 fully saturated rings. The van der Waals surface area contributed by atoms with Crippen LogP contribution in [0.3, 0.4) is 0 Å². The molecule has 2 aliphatic rings. The Balaban J connectivity index is 1.34. The van der Waals surface area contributed by atoms with Crippen LogP contribution in [0.1, 0.15) is 44.9 Å². The highest BCUT2D eigenvalue weighted by Crippen LogP contribution is 2.39. The van der Waals surface area contributed by atoms with Crippen LogP contribution in [0.5, 0.6) is 0 Å². The summed E-state index contributed by atoms with van der Waals surface area (Å²) in [5.74, 6) is 1.81. The largest absolute Gasteiger partial charge is 0.466 e. The number of hydrogen-bond acceptors (Lipinski definition) is 9. The number of thioether (sulfide) groups is 1. The van der Waals surface area contributed by atoms with Gasteiger partial charge in [0.2, 0.25) is 0 Å². The van der Waals surface area contributed by atoms with Gasteiger partial charge in [-0.1, -0.05) is 0 Å². The number of rotatable bonds is 16. The van der Waals surface area contributed by atoms with E-state index in [-0.39, 0.29) is 44.0 Å². The van der Waals surface area contributed by atoms with Crippen molar-refractivity contribution in [3.63, 3.8) is 0 Å². The van der Waals surface area contributed by atoms with Crippen molar-refractivity contribution in [3.05, 3.63) is 0 Å². The second-order valence-corrected chi connectivity index (χ2v) is 9.00. The van der Waals surface area contributed by atoms with E-state index in [1.165, 1.54) is 0 Å². The van der Waals surface area contributed by atoms with Crippen LogP contribution in [0.15, 0.2) is 0 Å². The lowest BCUT2D eigenvalue weighted by Gasteiger charge is -2.18. The van der Waals surface area contributed by atoms with Gasteiger partial charge in [-0.2, -0.15) is 24.4 Å². The molecule has 0 amide bonds. The Kier molecular flexibility index (Phi) is 12.1. The SMILES string of the molecule is O=C(CCSCCC(=O)OCCCOC(=O)CCS)COCC1CCC2OC2C1. The number of Topliss-reactive ketones (excluding diaryl/α,β-unsaturated/α-hetero) is 1. The standard InChI is InChI=1S/C20H32O7S2/c21-16(14-24-13-15-2-3-17-18(12-15)27-17)5-10-29-11-6-20(23)26-8-1-7-25-19(22)4-9-28/h15,17-18,28H,1-14H2. The summed E-state index contributed by atoms with van der Waals surface area (Å²) in [4.78, 5) is 34.6. The van der Waals surface area contributed by atoms with Crippen LogP contribution in [0, 0.1) is 5.92 Å². The van der Waals surface area contributed by atoms with Crippen LogP contribution in [0.2, 0.25) is 0 Å². The summed E-state index contributed by atoms with van der Waals surface area (Å²) in [7, 11) is 0. The summed E-state index contributed by atoms with van der Waals surface area (Å²) in [6.45, 7) is 1.30. The first kappa shape index (κ1) is 24.5. The molecule has 166 valence electrons. The Labute approximate surface area is 182 Å². The van der Waals surface area contributed by atoms with Crippen LogP contribution in [-0.4, -0.2) is 73.6 Å². The van der Waals surface area contributed by atoms with Crippen molar-refractivity contribution in [2.24, 2.45) is 5.92 Å². The van der Waals surface area contributed by atoms with Gasteiger partial charge in [-0.05, 0) is 25.2 Å². The molecule has 0 N–H and O–H groups in total. The first-order valence-corrected chi connectivity index (χ1v) is 12.1. The van der Waals surface area contributed by atoms with E-state index < -0.39 is 0 Å². The summed E-state index contributed by atoms with van der Waals surface area (Å²) in [6, 6.07) is 0. The molecule has 1 saturated carbocycles. The van der Waals surface area contributed by atoms with Gasteiger partial charge >= 0.3 is 11.9 Å². The maximum atomic E-state index is 11.9. The molecular weight excluding hydrogens is 416 g/mol. The normalized spacial score (nSPS) is 22.6. The van der Waals surface area contributed by atoms with Crippen molar-refractivity contribution < 1.29 is 33.3 Å². The summed E-state index contributed by atoms with van der Waals surface area (Å²) < 4.78 is 21.1. The average Bonchev–Trinajstić information content (AvgIpc) is 3.46. The van der Waals surface area contributed by atoms with E-state index in [1.807, 2.05) is 0 Å². The summed E-state index contributed by atoms with van der Waals surface area (Å²) in [6.07, 6.45) is 5.78. The number of ketones is 1. The molecule has 29 heavy (non-hydrogen) atoms. The van der Waals surface area contributed by atoms with Gasteiger partial charge in [0.15, 0.2) is 5.78 Å². The average molecular weight is 449 g/mol. The molecule has 7 nitrogen and oxygen atoms in total. The molecule has 3 unspecified atom stereocenters. The number of hydrogen-bond donors (Lipinski definition) is 1. The molecule has 0 bridgehead atoms. The highest BCUT2D eigenvalue weighted by atomic mass is 32.2. The second kappa shape index (κ2) is 14.3. The van der Waals surface area contributed by atoms with Gasteiger partial charge < -0.3 is 18.9 Å². The fourth-order valence-corrected chi connectivity index (χ4v) is 4.23. The zero-order valence-corrected chi connectivity index (χ0v) is 18.6. The van der Waals surface area contributed by atoms with Crippen LogP contribution in [0.4, 0.5) is 0 Å². The van der Waals surface area contributed by atoms with Crippen molar-refractivity contribution in [2.45, 2.75) is 57.2 Å². The first-order chi connectivity index (χ1) is 14.1. The van der Waals surface area contributed by atoms with Crippen molar-refractivity contribution >= 4 is 42.1 Å². The molecule has 2 rings (SSSR count). The van der Waals surface area contributed by atoms with E-state index in [4.69, 9.17) is 18.9 Å². The van der Waals surface area contributed by atoms with Gasteiger partial charge in [-0.15, -0.1) is 0 Å². The van der Waals surface area contributed by atoms with Gasteiger partial charge in [0.25, 0.3) is 0 Å². The lowest BCUT2D eigenvalue weighted by Crippen LogP contribution is -2.20. The Morgan fingerprint density at radius 3 is 2.41 bits per heavy atom. The van der Waals surface area contributed by atoms with Gasteiger partial charge in [-0.25, -0.2) is 0 Å². The van der Waals surface area contributed by atoms with Crippen LogP contribution < -0.4 is 0 Å². The van der Waals surface area contributed by atoms with E-state index in [9.17, 15) is 14.4 Å². The van der Waals surface area contributed by atoms with Gasteiger partial charge in [0.1, 0.15) is 6.61 Å². The number of carbonyl (C=O) groups is 3. The number of thiol groups is 1. The molecular formula is C20H32O7S2. The summed E-state index contributed by atoms with van der Waals surface area (Å²) in [5, 5.41) is 0. The van der Waals surface area contributed by atoms with Gasteiger partial charge in [0, 0.05) is 30.1 Å². The molecule has 0 aromatic heterocycles. The zero-order chi connectivity index (χ0) is 20.9. The monoisotopic (exact) mass is 448 g/mol. The molecule has 3 atom stereocenters. The molecule has 0 radical (unpaired) electrons. The van der Waals surface area contributed by atoms with Gasteiger partial charge in [0.05, 0.1) is 44.9 Å². The quantitative estimate of drug-likeness (QED) is 0.167. The molecule has 0 aromatic carbocycles. The minimum absolute atomic E-state index is 0.101. The summed E-state index contributed by atoms with van der Waals surface area (Å²) in [5.41, 5.74) is 0. The number of esters is 2. The Hall–Kier alpha value is -0.770. The van der Waals surface area contributed by atoms with Crippen molar-refractivity contribution in [1.82, 2.24) is 0 Å². The fourth-order valence-electron chi connectivity index (χ4n) is 3.16. The molecule has 0 spiro atoms. The molecule has 1 aliphatic carbocycles. The topological polar surface area (TPSA) is 91.4 Å². The third kappa shape index (κ3) is 11.3. The number of carbonyl (C=O) groups excluding carboxylic acids is 3. The fraction of sp³-hybridized carbons (Fsp3) is 0.850. The predicted octanol–water partition coefficient (Wildman–Crippen LogP) is 2.45. The van der Waals surface area contributed by atoms with Crippen LogP contribution >= 0.6 is 24.4 Å². The van der Waals surface area contributed by atoms with E-state index >= 15 is 0 Å². The zero-order valence-electron chi connectivity index (χ0n) is 16.8. The highest BCUT2D eigenvalue weighted by molar-refractivity contribution is 7.99. The second-order valence-electron chi connectivity index (χ2n) is 7.33. The Morgan fingerprint density at radius 1 is 0.966 bits per heavy atom. The Morgan fingerprint density at radius 2 is 1.69 bits per heavy atom. The minimum atomic E-state index is -0.289. The van der Waals surface area contributed by atoms with Crippen LogP contribution in [0.25, 0.3) is 0 Å². The van der Waals surface area contributed by atoms with E-state index in [1.54, 1.807) is 11.8 Å². The van der Waals surface area contributed by atoms with Gasteiger partial charge in [-0.3, -0.25) is 14.4 Å². The Bertz CT molecular complexity index is 529. The lowest BCUT2D eigenvalue weighted by atomic mass is 9.90. The molecule has 1 heterocycles. The maximum Gasteiger partial charge on any atom is 0.306 e. The molecule has 9 heteroatoms. The van der Waals surface area contributed by atoms with Crippen molar-refractivity contribution in [2.75, 3.05) is 43.7 Å². The summed E-state index contributed by atoms with van der Waals surface area (Å²) >= 11 is 5.51. The highest BCUT2D eigenvalue weighted by Gasteiger charge is 2.43. The van der Waals surface area contributed by atoms with E-state index in [0.717, 1.165) is 19.3 Å². The third-order valence-corrected chi connectivity index (χ3v) is 6.04. The minimum Gasteiger partial charge on any atom is -0.466 e. The maximum absolute atomic E-state index is 11.9. The third-order valence-electron chi connectivity index (χ3n) is 4.84. The van der Waals surface area contributed by atoms with E-state index in [2.05, 4.69) is 12.6 Å². The van der Waals surface area contributed by atoms with Crippen molar-refractivity contribution in [1.29, 1.82) is 0 Å². The molecule has 1 aliphatic heterocycles. The molecule has 1 saturated heterocycles. The molecule has 0 aromatic rings. The number of fused-ring (bicyclic) bond motifs is 1. The number of epoxide rings is 1. The number of ether oxygens (including phenoxy) is 4. The predicted molar refractivity (Wildman–Crippen MR) is 113 cm³/mol.